The van der Waals surface area contributed by atoms with Gasteiger partial charge in [-0.05, 0) is 25.0 Å². The molecule has 0 aromatic heterocycles. The van der Waals surface area contributed by atoms with Crippen LogP contribution >= 0.6 is 0 Å². The Morgan fingerprint density at radius 1 is 1.40 bits per heavy atom. The SMILES string of the molecule is CCCCC(Oc1ccccc1)C(N)=O. The number of unbranched alkanes of at least 4 members (excludes halogenated alkanes) is 1. The van der Waals surface area contributed by atoms with E-state index >= 15 is 0 Å². The molecule has 0 fully saturated rings. The zero-order valence-electron chi connectivity index (χ0n) is 8.98. The number of rotatable bonds is 6. The second-order valence-corrected chi connectivity index (χ2v) is 3.46. The highest BCUT2D eigenvalue weighted by Crippen LogP contribution is 2.13. The van der Waals surface area contributed by atoms with Gasteiger partial charge in [0.15, 0.2) is 6.10 Å². The molecule has 82 valence electrons. The fraction of sp³-hybridized carbons (Fsp3) is 0.417. The highest BCUT2D eigenvalue weighted by Gasteiger charge is 2.15. The first-order chi connectivity index (χ1) is 7.24. The Balaban J connectivity index is 2.55. The summed E-state index contributed by atoms with van der Waals surface area (Å²) in [5.74, 6) is 0.296. The Labute approximate surface area is 90.2 Å². The lowest BCUT2D eigenvalue weighted by Crippen LogP contribution is -2.33. The molecule has 0 bridgehead atoms. The quantitative estimate of drug-likeness (QED) is 0.776. The van der Waals surface area contributed by atoms with Gasteiger partial charge in [0.2, 0.25) is 0 Å². The number of amides is 1. The summed E-state index contributed by atoms with van der Waals surface area (Å²) in [5, 5.41) is 0. The van der Waals surface area contributed by atoms with E-state index in [1.54, 1.807) is 0 Å². The number of hydrogen-bond donors (Lipinski definition) is 1. The van der Waals surface area contributed by atoms with E-state index in [1.807, 2.05) is 30.3 Å². The van der Waals surface area contributed by atoms with Crippen molar-refractivity contribution in [1.82, 2.24) is 0 Å². The first kappa shape index (κ1) is 11.6. The second-order valence-electron chi connectivity index (χ2n) is 3.46. The normalized spacial score (nSPS) is 12.1. The molecule has 2 N–H and O–H groups in total. The van der Waals surface area contributed by atoms with E-state index in [0.717, 1.165) is 12.8 Å². The number of para-hydroxylation sites is 1. The highest BCUT2D eigenvalue weighted by molar-refractivity contribution is 5.79. The molecule has 0 radical (unpaired) electrons. The van der Waals surface area contributed by atoms with Crippen LogP contribution in [-0.4, -0.2) is 12.0 Å². The smallest absolute Gasteiger partial charge is 0.258 e. The van der Waals surface area contributed by atoms with Gasteiger partial charge in [-0.25, -0.2) is 0 Å². The molecule has 0 saturated heterocycles. The van der Waals surface area contributed by atoms with Crippen LogP contribution in [0.3, 0.4) is 0 Å². The summed E-state index contributed by atoms with van der Waals surface area (Å²) >= 11 is 0. The Kier molecular flexibility index (Phi) is 4.68. The molecular formula is C12H17NO2. The van der Waals surface area contributed by atoms with Crippen LogP contribution in [0.5, 0.6) is 5.75 Å². The molecule has 15 heavy (non-hydrogen) atoms. The van der Waals surface area contributed by atoms with Gasteiger partial charge in [0.1, 0.15) is 5.75 Å². The Hall–Kier alpha value is -1.51. The molecule has 0 spiro atoms. The Morgan fingerprint density at radius 3 is 2.60 bits per heavy atom. The van der Waals surface area contributed by atoms with Crippen molar-refractivity contribution in [2.45, 2.75) is 32.3 Å². The standard InChI is InChI=1S/C12H17NO2/c1-2-3-9-11(12(13)14)15-10-7-5-4-6-8-10/h4-8,11H,2-3,9H2,1H3,(H2,13,14). The molecule has 0 aliphatic rings. The predicted molar refractivity (Wildman–Crippen MR) is 59.6 cm³/mol. The zero-order chi connectivity index (χ0) is 11.1. The average molecular weight is 207 g/mol. The summed E-state index contributed by atoms with van der Waals surface area (Å²) in [5.41, 5.74) is 5.26. The lowest BCUT2D eigenvalue weighted by atomic mass is 10.1. The summed E-state index contributed by atoms with van der Waals surface area (Å²) in [6, 6.07) is 9.28. The van der Waals surface area contributed by atoms with Gasteiger partial charge in [0.25, 0.3) is 5.91 Å². The maximum Gasteiger partial charge on any atom is 0.258 e. The zero-order valence-corrected chi connectivity index (χ0v) is 8.98. The molecule has 0 aliphatic heterocycles. The minimum Gasteiger partial charge on any atom is -0.481 e. The first-order valence-corrected chi connectivity index (χ1v) is 5.25. The van der Waals surface area contributed by atoms with Gasteiger partial charge in [0.05, 0.1) is 0 Å². The van der Waals surface area contributed by atoms with Crippen LogP contribution < -0.4 is 10.5 Å². The summed E-state index contributed by atoms with van der Waals surface area (Å²) in [6.07, 6.45) is 2.15. The highest BCUT2D eigenvalue weighted by atomic mass is 16.5. The number of carbonyl (C=O) groups is 1. The van der Waals surface area contributed by atoms with E-state index in [-0.39, 0.29) is 0 Å². The number of carbonyl (C=O) groups excluding carboxylic acids is 1. The number of hydrogen-bond acceptors (Lipinski definition) is 2. The van der Waals surface area contributed by atoms with Gasteiger partial charge in [-0.2, -0.15) is 0 Å². The van der Waals surface area contributed by atoms with Crippen LogP contribution in [-0.2, 0) is 4.79 Å². The van der Waals surface area contributed by atoms with Crippen molar-refractivity contribution < 1.29 is 9.53 Å². The number of ether oxygens (including phenoxy) is 1. The van der Waals surface area contributed by atoms with Gasteiger partial charge in [0, 0.05) is 0 Å². The van der Waals surface area contributed by atoms with Gasteiger partial charge in [-0.1, -0.05) is 31.5 Å². The predicted octanol–water partition coefficient (Wildman–Crippen LogP) is 2.11. The Bertz CT molecular complexity index is 298. The van der Waals surface area contributed by atoms with Crippen molar-refractivity contribution in [3.05, 3.63) is 30.3 Å². The third-order valence-electron chi connectivity index (χ3n) is 2.16. The van der Waals surface area contributed by atoms with Crippen molar-refractivity contribution in [2.24, 2.45) is 5.73 Å². The van der Waals surface area contributed by atoms with E-state index in [4.69, 9.17) is 10.5 Å². The molecular weight excluding hydrogens is 190 g/mol. The van der Waals surface area contributed by atoms with E-state index in [2.05, 4.69) is 6.92 Å². The van der Waals surface area contributed by atoms with Crippen LogP contribution in [0.15, 0.2) is 30.3 Å². The van der Waals surface area contributed by atoms with Crippen molar-refractivity contribution in [3.8, 4) is 5.75 Å². The Morgan fingerprint density at radius 2 is 2.07 bits per heavy atom. The molecule has 3 nitrogen and oxygen atoms in total. The molecule has 0 aliphatic carbocycles. The van der Waals surface area contributed by atoms with Crippen LogP contribution in [0.4, 0.5) is 0 Å². The monoisotopic (exact) mass is 207 g/mol. The van der Waals surface area contributed by atoms with Crippen LogP contribution in [0.1, 0.15) is 26.2 Å². The van der Waals surface area contributed by atoms with Gasteiger partial charge < -0.3 is 10.5 Å². The number of nitrogens with two attached hydrogens (primary N) is 1. The first-order valence-electron chi connectivity index (χ1n) is 5.25. The maximum absolute atomic E-state index is 11.1. The van der Waals surface area contributed by atoms with E-state index in [0.29, 0.717) is 12.2 Å². The van der Waals surface area contributed by atoms with Crippen molar-refractivity contribution >= 4 is 5.91 Å². The van der Waals surface area contributed by atoms with Crippen molar-refractivity contribution in [3.63, 3.8) is 0 Å². The second kappa shape index (κ2) is 6.06. The lowest BCUT2D eigenvalue weighted by Gasteiger charge is -2.15. The number of benzene rings is 1. The maximum atomic E-state index is 11.1. The van der Waals surface area contributed by atoms with Crippen molar-refractivity contribution in [2.75, 3.05) is 0 Å². The van der Waals surface area contributed by atoms with E-state index in [1.165, 1.54) is 0 Å². The molecule has 1 atom stereocenters. The lowest BCUT2D eigenvalue weighted by molar-refractivity contribution is -0.125. The van der Waals surface area contributed by atoms with Crippen molar-refractivity contribution in [1.29, 1.82) is 0 Å². The molecule has 1 aromatic carbocycles. The van der Waals surface area contributed by atoms with Gasteiger partial charge in [-0.3, -0.25) is 4.79 Å². The topological polar surface area (TPSA) is 52.3 Å². The molecule has 0 saturated carbocycles. The summed E-state index contributed by atoms with van der Waals surface area (Å²) in [7, 11) is 0. The summed E-state index contributed by atoms with van der Waals surface area (Å²) in [6.45, 7) is 2.07. The largest absolute Gasteiger partial charge is 0.481 e. The van der Waals surface area contributed by atoms with Crippen LogP contribution in [0.25, 0.3) is 0 Å². The summed E-state index contributed by atoms with van der Waals surface area (Å²) in [4.78, 5) is 11.1. The minimum absolute atomic E-state index is 0.396. The fourth-order valence-electron chi connectivity index (χ4n) is 1.31. The fourth-order valence-corrected chi connectivity index (χ4v) is 1.31. The molecule has 3 heteroatoms. The molecule has 0 heterocycles. The summed E-state index contributed by atoms with van der Waals surface area (Å²) < 4.78 is 5.50. The third-order valence-corrected chi connectivity index (χ3v) is 2.16. The van der Waals surface area contributed by atoms with E-state index < -0.39 is 12.0 Å². The number of primary amides is 1. The van der Waals surface area contributed by atoms with Gasteiger partial charge in [-0.15, -0.1) is 0 Å². The minimum atomic E-state index is -0.507. The van der Waals surface area contributed by atoms with Gasteiger partial charge >= 0.3 is 0 Å². The molecule has 1 aromatic rings. The van der Waals surface area contributed by atoms with Crippen LogP contribution in [0.2, 0.25) is 0 Å². The molecule has 1 rings (SSSR count). The van der Waals surface area contributed by atoms with E-state index in [9.17, 15) is 4.79 Å². The van der Waals surface area contributed by atoms with Crippen LogP contribution in [0, 0.1) is 0 Å². The molecule has 1 amide bonds. The average Bonchev–Trinajstić information content (AvgIpc) is 2.25. The third kappa shape index (κ3) is 4.02. The molecule has 1 unspecified atom stereocenters.